The third-order valence-electron chi connectivity index (χ3n) is 1.88. The highest BCUT2D eigenvalue weighted by atomic mass is 35.5. The molecule has 0 aliphatic rings. The van der Waals surface area contributed by atoms with Crippen molar-refractivity contribution >= 4 is 34.4 Å². The highest BCUT2D eigenvalue weighted by molar-refractivity contribution is 7.07. The molecule has 4 N–H and O–H groups in total. The summed E-state index contributed by atoms with van der Waals surface area (Å²) in [6.45, 7) is 0.468. The Morgan fingerprint density at radius 2 is 2.44 bits per heavy atom. The van der Waals surface area contributed by atoms with Gasteiger partial charge in [0, 0.05) is 11.1 Å². The van der Waals surface area contributed by atoms with Crippen LogP contribution in [0, 0.1) is 0 Å². The summed E-state index contributed by atoms with van der Waals surface area (Å²) < 4.78 is 0. The van der Waals surface area contributed by atoms with E-state index in [1.165, 1.54) is 6.20 Å². The number of anilines is 2. The minimum atomic E-state index is -0.0758. The average Bonchev–Trinajstić information content (AvgIpc) is 2.63. The second-order valence-electron chi connectivity index (χ2n) is 3.13. The predicted octanol–water partition coefficient (Wildman–Crippen LogP) is 1.68. The number of nitrogen functional groups attached to an aromatic ring is 1. The van der Waals surface area contributed by atoms with Gasteiger partial charge in [-0.2, -0.15) is 0 Å². The van der Waals surface area contributed by atoms with Crippen LogP contribution in [0.5, 0.6) is 0 Å². The first-order valence-electron chi connectivity index (χ1n) is 4.47. The van der Waals surface area contributed by atoms with Crippen LogP contribution in [0.2, 0.25) is 5.02 Å². The number of rotatable bonds is 3. The molecule has 0 saturated heterocycles. The Bertz CT molecular complexity index is 550. The molecule has 0 amide bonds. The first kappa shape index (κ1) is 11.0. The molecule has 84 valence electrons. The lowest BCUT2D eigenvalue weighted by molar-refractivity contribution is 1.04. The van der Waals surface area contributed by atoms with Gasteiger partial charge in [-0.1, -0.05) is 22.9 Å². The lowest BCUT2D eigenvalue weighted by Gasteiger charge is -2.06. The third-order valence-corrected chi connectivity index (χ3v) is 2.89. The highest BCUT2D eigenvalue weighted by Gasteiger charge is 2.02. The lowest BCUT2D eigenvalue weighted by atomic mass is 10.4. The van der Waals surface area contributed by atoms with Gasteiger partial charge in [-0.15, -0.1) is 0 Å². The molecule has 0 aromatic carbocycles. The lowest BCUT2D eigenvalue weighted by Crippen LogP contribution is -2.04. The molecule has 0 aliphatic carbocycles. The topological polar surface area (TPSA) is 83.8 Å². The van der Waals surface area contributed by atoms with Gasteiger partial charge in [0.15, 0.2) is 0 Å². The van der Waals surface area contributed by atoms with Crippen molar-refractivity contribution in [1.29, 1.82) is 0 Å². The van der Waals surface area contributed by atoms with Gasteiger partial charge in [-0.3, -0.25) is 4.79 Å². The molecule has 0 fully saturated rings. The van der Waals surface area contributed by atoms with Crippen molar-refractivity contribution in [2.45, 2.75) is 6.54 Å². The Hall–Kier alpha value is -1.53. The standard InChI is InChI=1S/C9H9ClN4OS/c10-7-1-5(11)2-12-8(7)13-3-6-4-16-9(15)14-6/h1-2,4H,3,11H2,(H,12,13)(H,14,15). The Kier molecular flexibility index (Phi) is 3.12. The summed E-state index contributed by atoms with van der Waals surface area (Å²) in [5.74, 6) is 0.544. The first-order chi connectivity index (χ1) is 7.65. The molecule has 16 heavy (non-hydrogen) atoms. The number of aromatic amines is 1. The number of nitrogens with one attached hydrogen (secondary N) is 2. The molecule has 0 bridgehead atoms. The second kappa shape index (κ2) is 4.54. The van der Waals surface area contributed by atoms with Crippen LogP contribution in [0.1, 0.15) is 5.69 Å². The molecule has 0 atom stereocenters. The highest BCUT2D eigenvalue weighted by Crippen LogP contribution is 2.21. The Balaban J connectivity index is 2.07. The quantitative estimate of drug-likeness (QED) is 0.780. The van der Waals surface area contributed by atoms with E-state index in [2.05, 4.69) is 15.3 Å². The molecule has 2 rings (SSSR count). The van der Waals surface area contributed by atoms with Gasteiger partial charge in [-0.25, -0.2) is 4.98 Å². The number of nitrogens with zero attached hydrogens (tertiary/aromatic N) is 1. The minimum Gasteiger partial charge on any atom is -0.397 e. The monoisotopic (exact) mass is 256 g/mol. The van der Waals surface area contributed by atoms with E-state index in [1.807, 2.05) is 0 Å². The summed E-state index contributed by atoms with van der Waals surface area (Å²) in [6, 6.07) is 1.62. The Morgan fingerprint density at radius 3 is 3.06 bits per heavy atom. The molecule has 0 radical (unpaired) electrons. The first-order valence-corrected chi connectivity index (χ1v) is 5.72. The van der Waals surface area contributed by atoms with Gasteiger partial charge < -0.3 is 16.0 Å². The maximum atomic E-state index is 10.9. The normalized spacial score (nSPS) is 10.3. The van der Waals surface area contributed by atoms with Gasteiger partial charge in [-0.05, 0) is 6.07 Å². The zero-order valence-electron chi connectivity index (χ0n) is 8.16. The van der Waals surface area contributed by atoms with Gasteiger partial charge >= 0.3 is 4.87 Å². The molecule has 2 aromatic heterocycles. The van der Waals surface area contributed by atoms with E-state index in [-0.39, 0.29) is 4.87 Å². The fourth-order valence-corrected chi connectivity index (χ4v) is 1.99. The summed E-state index contributed by atoms with van der Waals surface area (Å²) in [4.78, 5) is 17.5. The van der Waals surface area contributed by atoms with E-state index in [1.54, 1.807) is 11.4 Å². The number of H-pyrrole nitrogens is 1. The van der Waals surface area contributed by atoms with Crippen LogP contribution in [0.15, 0.2) is 22.4 Å². The van der Waals surface area contributed by atoms with Crippen molar-refractivity contribution in [1.82, 2.24) is 9.97 Å². The van der Waals surface area contributed by atoms with Crippen LogP contribution in [0.3, 0.4) is 0 Å². The number of nitrogens with two attached hydrogens (primary N) is 1. The Labute approximate surface area is 100 Å². The van der Waals surface area contributed by atoms with Crippen LogP contribution in [0.4, 0.5) is 11.5 Å². The zero-order chi connectivity index (χ0) is 11.5. The van der Waals surface area contributed by atoms with Crippen molar-refractivity contribution in [2.75, 3.05) is 11.1 Å². The fourth-order valence-electron chi connectivity index (χ4n) is 1.16. The minimum absolute atomic E-state index is 0.0758. The molecular formula is C9H9ClN4OS. The maximum absolute atomic E-state index is 10.9. The zero-order valence-corrected chi connectivity index (χ0v) is 9.73. The van der Waals surface area contributed by atoms with Crippen LogP contribution in [-0.4, -0.2) is 9.97 Å². The number of aromatic nitrogens is 2. The molecule has 0 unspecified atom stereocenters. The number of hydrogen-bond donors (Lipinski definition) is 3. The number of halogens is 1. The predicted molar refractivity (Wildman–Crippen MR) is 65.9 cm³/mol. The molecule has 0 saturated carbocycles. The second-order valence-corrected chi connectivity index (χ2v) is 4.38. The Morgan fingerprint density at radius 1 is 1.62 bits per heavy atom. The molecule has 0 spiro atoms. The van der Waals surface area contributed by atoms with Crippen molar-refractivity contribution in [3.05, 3.63) is 38.0 Å². The molecule has 2 heterocycles. The van der Waals surface area contributed by atoms with E-state index in [0.29, 0.717) is 23.1 Å². The molecule has 0 aliphatic heterocycles. The maximum Gasteiger partial charge on any atom is 0.304 e. The summed E-state index contributed by atoms with van der Waals surface area (Å²) >= 11 is 7.05. The third kappa shape index (κ3) is 2.53. The van der Waals surface area contributed by atoms with E-state index < -0.39 is 0 Å². The van der Waals surface area contributed by atoms with Crippen LogP contribution >= 0.6 is 22.9 Å². The average molecular weight is 257 g/mol. The molecule has 7 heteroatoms. The van der Waals surface area contributed by atoms with E-state index >= 15 is 0 Å². The smallest absolute Gasteiger partial charge is 0.304 e. The summed E-state index contributed by atoms with van der Waals surface area (Å²) in [5, 5.41) is 5.21. The number of hydrogen-bond acceptors (Lipinski definition) is 5. The SMILES string of the molecule is Nc1cnc(NCc2csc(=O)[nH]2)c(Cl)c1. The van der Waals surface area contributed by atoms with Gasteiger partial charge in [0.25, 0.3) is 0 Å². The number of pyridine rings is 1. The summed E-state index contributed by atoms with van der Waals surface area (Å²) in [5.41, 5.74) is 6.83. The van der Waals surface area contributed by atoms with Crippen molar-refractivity contribution in [2.24, 2.45) is 0 Å². The van der Waals surface area contributed by atoms with Crippen molar-refractivity contribution in [3.8, 4) is 0 Å². The van der Waals surface area contributed by atoms with Crippen LogP contribution < -0.4 is 15.9 Å². The van der Waals surface area contributed by atoms with E-state index in [9.17, 15) is 4.79 Å². The van der Waals surface area contributed by atoms with E-state index in [0.717, 1.165) is 17.0 Å². The molecule has 2 aromatic rings. The van der Waals surface area contributed by atoms with Crippen LogP contribution in [0.25, 0.3) is 0 Å². The molecule has 5 nitrogen and oxygen atoms in total. The number of thiazole rings is 1. The van der Waals surface area contributed by atoms with E-state index in [4.69, 9.17) is 17.3 Å². The molecular weight excluding hydrogens is 248 g/mol. The van der Waals surface area contributed by atoms with Gasteiger partial charge in [0.2, 0.25) is 0 Å². The van der Waals surface area contributed by atoms with Crippen LogP contribution in [-0.2, 0) is 6.54 Å². The summed E-state index contributed by atoms with van der Waals surface area (Å²) in [7, 11) is 0. The van der Waals surface area contributed by atoms with Crippen molar-refractivity contribution in [3.63, 3.8) is 0 Å². The fraction of sp³-hybridized carbons (Fsp3) is 0.111. The van der Waals surface area contributed by atoms with Gasteiger partial charge in [0.1, 0.15) is 5.82 Å². The summed E-state index contributed by atoms with van der Waals surface area (Å²) in [6.07, 6.45) is 1.52. The van der Waals surface area contributed by atoms with Crippen molar-refractivity contribution < 1.29 is 0 Å². The largest absolute Gasteiger partial charge is 0.397 e. The van der Waals surface area contributed by atoms with Gasteiger partial charge in [0.05, 0.1) is 23.5 Å².